The number of carbonyl (C=O) groups excluding carboxylic acids is 3. The van der Waals surface area contributed by atoms with E-state index in [1.807, 2.05) is 12.1 Å². The number of halogens is 1. The van der Waals surface area contributed by atoms with Crippen LogP contribution in [0.1, 0.15) is 86.6 Å². The number of pyridine rings is 1. The second-order valence-corrected chi connectivity index (χ2v) is 12.5. The van der Waals surface area contributed by atoms with Gasteiger partial charge in [0.05, 0.1) is 30.2 Å². The molecule has 3 aliphatic carbocycles. The Morgan fingerprint density at radius 1 is 1.04 bits per heavy atom. The van der Waals surface area contributed by atoms with Crippen LogP contribution in [0.2, 0.25) is 0 Å². The average molecular weight is 666 g/mol. The molecule has 248 valence electrons. The number of nitrogens with zero attached hydrogens (tertiary/aromatic N) is 1. The van der Waals surface area contributed by atoms with Crippen LogP contribution < -0.4 is 34.7 Å². The zero-order valence-corrected chi connectivity index (χ0v) is 29.6. The fourth-order valence-electron chi connectivity index (χ4n) is 6.08. The number of esters is 1. The van der Waals surface area contributed by atoms with Crippen molar-refractivity contribution < 1.29 is 68.4 Å². The Labute approximate surface area is 302 Å². The van der Waals surface area contributed by atoms with Crippen LogP contribution in [-0.2, 0) is 32.0 Å². The molecule has 1 aromatic heterocycles. The third-order valence-electron chi connectivity index (χ3n) is 8.66. The number of carboxylic acid groups (broad SMARTS) is 1. The van der Waals surface area contributed by atoms with E-state index in [1.54, 1.807) is 25.1 Å². The predicted molar refractivity (Wildman–Crippen MR) is 173 cm³/mol. The van der Waals surface area contributed by atoms with Crippen molar-refractivity contribution in [1.82, 2.24) is 4.98 Å². The topological polar surface area (TPSA) is 137 Å². The van der Waals surface area contributed by atoms with Crippen LogP contribution in [0.4, 0.5) is 4.39 Å². The van der Waals surface area contributed by atoms with Crippen LogP contribution in [0.15, 0.2) is 54.6 Å². The number of rotatable bonds is 12. The monoisotopic (exact) mass is 665 g/mol. The molecule has 0 aliphatic heterocycles. The number of fused-ring (bicyclic) bond motifs is 3. The van der Waals surface area contributed by atoms with E-state index in [1.165, 1.54) is 17.7 Å². The van der Waals surface area contributed by atoms with E-state index in [2.05, 4.69) is 22.9 Å². The average Bonchev–Trinajstić information content (AvgIpc) is 3.93. The molecule has 0 spiro atoms. The third kappa shape index (κ3) is 10.2. The number of aliphatic carboxylic acids is 1. The maximum atomic E-state index is 13.9. The molecule has 10 heteroatoms. The van der Waals surface area contributed by atoms with Gasteiger partial charge in [-0.25, -0.2) is 4.39 Å². The molecule has 48 heavy (non-hydrogen) atoms. The molecular formula is C38H41FNNaO7. The number of aryl methyl sites for hydroxylation is 1. The summed E-state index contributed by atoms with van der Waals surface area (Å²) in [7, 11) is 0. The normalized spacial score (nSPS) is 16.2. The van der Waals surface area contributed by atoms with Gasteiger partial charge in [-0.05, 0) is 86.3 Å². The van der Waals surface area contributed by atoms with Crippen molar-refractivity contribution >= 4 is 23.8 Å². The van der Waals surface area contributed by atoms with E-state index < -0.39 is 24.6 Å². The van der Waals surface area contributed by atoms with Crippen LogP contribution in [0.5, 0.6) is 0 Å². The minimum atomic E-state index is -1.36. The standard InChI is InChI=1S/C30H30FNO4.C8H12O3.Na/c31-21-12-10-19(11-13-21)28-25-7-3-5-18-4-1-2-6-24(18)30(25)32-29(20-8-9-20)26(28)15-14-22(33)16-23(34)17-27(35)36;1-2-11-8(10)5-7(9)6-3-4-6;/h1-2,4,6,10-15,20,22-23,33-34H,3,5,7-9,16-17H2,(H,35,36);6H,2-5H2,1H3;/q;;+1/p-1/b15-14+;;. The fourth-order valence-corrected chi connectivity index (χ4v) is 6.08. The Balaban J connectivity index is 0.000000370. The van der Waals surface area contributed by atoms with Crippen molar-refractivity contribution in [1.29, 1.82) is 0 Å². The first-order valence-corrected chi connectivity index (χ1v) is 16.5. The molecule has 3 aromatic rings. The summed E-state index contributed by atoms with van der Waals surface area (Å²) in [6.45, 7) is 2.09. The van der Waals surface area contributed by atoms with Gasteiger partial charge in [0, 0.05) is 41.8 Å². The van der Waals surface area contributed by atoms with E-state index in [4.69, 9.17) is 4.98 Å². The minimum absolute atomic E-state index is 0. The van der Waals surface area contributed by atoms with Gasteiger partial charge in [-0.1, -0.05) is 48.6 Å². The first-order chi connectivity index (χ1) is 22.6. The largest absolute Gasteiger partial charge is 1.00 e. The van der Waals surface area contributed by atoms with E-state index in [-0.39, 0.29) is 65.9 Å². The summed E-state index contributed by atoms with van der Waals surface area (Å²) in [4.78, 5) is 37.7. The molecule has 3 aliphatic rings. The molecule has 0 radical (unpaired) electrons. The number of aromatic nitrogens is 1. The summed E-state index contributed by atoms with van der Waals surface area (Å²) in [6, 6.07) is 14.9. The molecule has 8 nitrogen and oxygen atoms in total. The van der Waals surface area contributed by atoms with E-state index in [0.29, 0.717) is 12.5 Å². The van der Waals surface area contributed by atoms with Crippen molar-refractivity contribution in [3.05, 3.63) is 82.8 Å². The molecule has 2 atom stereocenters. The molecule has 0 bridgehead atoms. The molecule has 0 saturated heterocycles. The predicted octanol–water partition coefficient (Wildman–Crippen LogP) is 2.11. The van der Waals surface area contributed by atoms with Gasteiger partial charge in [-0.15, -0.1) is 0 Å². The molecule has 2 N–H and O–H groups in total. The maximum Gasteiger partial charge on any atom is 1.00 e. The molecule has 2 unspecified atom stereocenters. The van der Waals surface area contributed by atoms with E-state index >= 15 is 0 Å². The Morgan fingerprint density at radius 3 is 2.40 bits per heavy atom. The number of Topliss-reactive ketones (excluding diaryl/α,β-unsaturated/α-hetero) is 1. The Kier molecular flexibility index (Phi) is 13.7. The summed E-state index contributed by atoms with van der Waals surface area (Å²) in [5, 5.41) is 31.2. The number of hydrogen-bond acceptors (Lipinski definition) is 8. The van der Waals surface area contributed by atoms with Gasteiger partial charge in [0.25, 0.3) is 0 Å². The van der Waals surface area contributed by atoms with Crippen molar-refractivity contribution in [3.8, 4) is 22.4 Å². The molecule has 2 aromatic carbocycles. The molecule has 2 saturated carbocycles. The summed E-state index contributed by atoms with van der Waals surface area (Å²) in [5.74, 6) is -1.53. The minimum Gasteiger partial charge on any atom is -0.550 e. The van der Waals surface area contributed by atoms with Crippen molar-refractivity contribution in [2.75, 3.05) is 6.61 Å². The van der Waals surface area contributed by atoms with Gasteiger partial charge in [0.1, 0.15) is 18.0 Å². The Morgan fingerprint density at radius 2 is 1.75 bits per heavy atom. The van der Waals surface area contributed by atoms with Crippen LogP contribution >= 0.6 is 0 Å². The van der Waals surface area contributed by atoms with Gasteiger partial charge < -0.3 is 24.9 Å². The SMILES string of the molecule is CCOC(=O)CC(=O)C1CC1.O=C([O-])CC(O)CC(O)/C=C/c1c(C2CC2)nc2c(c1-c1ccc(F)cc1)CCCc1ccccc1-2.[Na+]. The smallest absolute Gasteiger partial charge is 0.550 e. The van der Waals surface area contributed by atoms with Gasteiger partial charge in [-0.2, -0.15) is 0 Å². The van der Waals surface area contributed by atoms with E-state index in [9.17, 15) is 34.1 Å². The van der Waals surface area contributed by atoms with Crippen molar-refractivity contribution in [2.24, 2.45) is 5.92 Å². The number of aliphatic hydroxyl groups is 2. The van der Waals surface area contributed by atoms with Gasteiger partial charge in [0.15, 0.2) is 0 Å². The van der Waals surface area contributed by atoms with Crippen LogP contribution in [0.3, 0.4) is 0 Å². The number of aliphatic hydroxyl groups excluding tert-OH is 2. The summed E-state index contributed by atoms with van der Waals surface area (Å²) in [5.41, 5.74) is 8.25. The zero-order chi connectivity index (χ0) is 33.5. The molecule has 6 rings (SSSR count). The zero-order valence-electron chi connectivity index (χ0n) is 27.6. The Bertz CT molecular complexity index is 1630. The number of carboxylic acids is 1. The molecule has 0 amide bonds. The number of carbonyl (C=O) groups is 3. The summed E-state index contributed by atoms with van der Waals surface area (Å²) < 4.78 is 18.5. The number of hydrogen-bond donors (Lipinski definition) is 2. The first kappa shape index (κ1) is 37.6. The number of benzene rings is 2. The maximum absolute atomic E-state index is 13.9. The first-order valence-electron chi connectivity index (χ1n) is 16.5. The fraction of sp³-hybridized carbons (Fsp3) is 0.421. The molecule has 2 fully saturated rings. The second kappa shape index (κ2) is 17.4. The van der Waals surface area contributed by atoms with Gasteiger partial charge >= 0.3 is 35.5 Å². The van der Waals surface area contributed by atoms with Gasteiger partial charge in [-0.3, -0.25) is 14.6 Å². The Hall–Kier alpha value is -3.21. The third-order valence-corrected chi connectivity index (χ3v) is 8.66. The van der Waals surface area contributed by atoms with Crippen molar-refractivity contribution in [3.63, 3.8) is 0 Å². The van der Waals surface area contributed by atoms with Crippen LogP contribution in [-0.4, -0.2) is 51.7 Å². The second-order valence-electron chi connectivity index (χ2n) is 12.5. The number of ketones is 1. The van der Waals surface area contributed by atoms with Crippen LogP contribution in [0, 0.1) is 11.7 Å². The summed E-state index contributed by atoms with van der Waals surface area (Å²) in [6.07, 6.45) is 7.24. The van der Waals surface area contributed by atoms with E-state index in [0.717, 1.165) is 84.2 Å². The molecular weight excluding hydrogens is 624 g/mol. The van der Waals surface area contributed by atoms with Gasteiger partial charge in [0.2, 0.25) is 0 Å². The van der Waals surface area contributed by atoms with Crippen LogP contribution in [0.25, 0.3) is 28.5 Å². The quantitative estimate of drug-likeness (QED) is 0.171. The number of ether oxygens (including phenoxy) is 1. The molecule has 1 heterocycles. The van der Waals surface area contributed by atoms with Crippen molar-refractivity contribution in [2.45, 2.75) is 89.3 Å². The summed E-state index contributed by atoms with van der Waals surface area (Å²) >= 11 is 0.